The Morgan fingerprint density at radius 3 is 2.67 bits per heavy atom. The molecule has 142 valence electrons. The molecule has 1 aromatic carbocycles. The summed E-state index contributed by atoms with van der Waals surface area (Å²) in [6, 6.07) is 11.2. The molecule has 0 saturated carbocycles. The second-order valence-electron chi connectivity index (χ2n) is 6.14. The normalized spacial score (nSPS) is 12.0. The van der Waals surface area contributed by atoms with Crippen LogP contribution in [-0.2, 0) is 22.6 Å². The van der Waals surface area contributed by atoms with Crippen molar-refractivity contribution in [1.29, 1.82) is 0 Å². The van der Waals surface area contributed by atoms with Crippen molar-refractivity contribution < 1.29 is 14.3 Å². The predicted octanol–water partition coefficient (Wildman–Crippen LogP) is 3.75. The molecule has 0 unspecified atom stereocenters. The number of carbonyl (C=O) groups excluding carboxylic acids is 2. The third-order valence-electron chi connectivity index (χ3n) is 4.47. The van der Waals surface area contributed by atoms with Crippen LogP contribution in [0.4, 0.5) is 4.79 Å². The predicted molar refractivity (Wildman–Crippen MR) is 108 cm³/mol. The number of ether oxygens (including phenoxy) is 1. The molecule has 0 aliphatic carbocycles. The summed E-state index contributed by atoms with van der Waals surface area (Å²) in [7, 11) is 1.30. The van der Waals surface area contributed by atoms with E-state index in [0.717, 1.165) is 33.6 Å². The number of thiophene rings is 1. The van der Waals surface area contributed by atoms with Gasteiger partial charge >= 0.3 is 12.0 Å². The van der Waals surface area contributed by atoms with Crippen LogP contribution in [0.1, 0.15) is 19.4 Å². The number of nitrogens with one attached hydrogen (secondary N) is 2. The first kappa shape index (κ1) is 19.0. The Bertz CT molecular complexity index is 947. The van der Waals surface area contributed by atoms with Gasteiger partial charge in [-0.1, -0.05) is 24.3 Å². The summed E-state index contributed by atoms with van der Waals surface area (Å²) in [4.78, 5) is 24.9. The van der Waals surface area contributed by atoms with Gasteiger partial charge in [-0.3, -0.25) is 0 Å². The second-order valence-corrected chi connectivity index (χ2v) is 7.09. The van der Waals surface area contributed by atoms with Crippen LogP contribution in [0.3, 0.4) is 0 Å². The van der Waals surface area contributed by atoms with Gasteiger partial charge in [-0.05, 0) is 31.4 Å². The maximum atomic E-state index is 12.2. The first-order valence-electron chi connectivity index (χ1n) is 8.83. The lowest BCUT2D eigenvalue weighted by atomic mass is 10.1. The zero-order chi connectivity index (χ0) is 19.4. The molecule has 3 rings (SSSR count). The molecule has 0 aliphatic heterocycles. The molecule has 0 saturated heterocycles. The Morgan fingerprint density at radius 1 is 1.22 bits per heavy atom. The third-order valence-corrected chi connectivity index (χ3v) is 5.35. The van der Waals surface area contributed by atoms with Crippen LogP contribution in [0, 0.1) is 0 Å². The minimum Gasteiger partial charge on any atom is -0.467 e. The molecule has 0 fully saturated rings. The summed E-state index contributed by atoms with van der Waals surface area (Å²) >= 11 is 1.68. The average molecular weight is 385 g/mol. The lowest BCUT2D eigenvalue weighted by Crippen LogP contribution is -2.44. The molecule has 2 amide bonds. The number of benzene rings is 1. The number of hydrogen-bond donors (Lipinski definition) is 2. The molecule has 0 aliphatic rings. The first-order chi connectivity index (χ1) is 13.1. The number of aromatic nitrogens is 1. The Hall–Kier alpha value is -2.80. The van der Waals surface area contributed by atoms with E-state index >= 15 is 0 Å². The zero-order valence-electron chi connectivity index (χ0n) is 15.6. The lowest BCUT2D eigenvalue weighted by molar-refractivity contribution is -0.142. The lowest BCUT2D eigenvalue weighted by Gasteiger charge is -2.13. The second kappa shape index (κ2) is 8.26. The fourth-order valence-electron chi connectivity index (χ4n) is 3.23. The van der Waals surface area contributed by atoms with Gasteiger partial charge in [0.25, 0.3) is 0 Å². The van der Waals surface area contributed by atoms with Crippen LogP contribution < -0.4 is 10.6 Å². The smallest absolute Gasteiger partial charge is 0.328 e. The molecule has 7 heteroatoms. The number of nitrogens with zero attached hydrogens (tertiary/aromatic N) is 1. The van der Waals surface area contributed by atoms with Crippen molar-refractivity contribution in [2.45, 2.75) is 33.0 Å². The van der Waals surface area contributed by atoms with Gasteiger partial charge in [0.2, 0.25) is 0 Å². The van der Waals surface area contributed by atoms with E-state index in [0.29, 0.717) is 6.54 Å². The molecule has 2 N–H and O–H groups in total. The zero-order valence-corrected chi connectivity index (χ0v) is 16.4. The van der Waals surface area contributed by atoms with E-state index in [2.05, 4.69) is 50.4 Å². The van der Waals surface area contributed by atoms with Crippen molar-refractivity contribution in [1.82, 2.24) is 15.2 Å². The standard InChI is InChI=1S/C20H23N3O3S/c1-4-23-16-9-6-5-8-14(16)15(18(23)17-10-7-11-27-17)12-21-20(25)22-13(2)19(24)26-3/h5-11,13H,4,12H2,1-3H3,(H2,21,22,25)/t13-/m1/s1. The fraction of sp³-hybridized carbons (Fsp3) is 0.300. The highest BCUT2D eigenvalue weighted by molar-refractivity contribution is 7.13. The van der Waals surface area contributed by atoms with E-state index in [1.54, 1.807) is 18.3 Å². The van der Waals surface area contributed by atoms with Crippen LogP contribution >= 0.6 is 11.3 Å². The van der Waals surface area contributed by atoms with Gasteiger partial charge in [-0.2, -0.15) is 0 Å². The summed E-state index contributed by atoms with van der Waals surface area (Å²) in [5, 5.41) is 8.63. The Balaban J connectivity index is 1.91. The molecular formula is C20H23N3O3S. The summed E-state index contributed by atoms with van der Waals surface area (Å²) in [6.07, 6.45) is 0. The molecular weight excluding hydrogens is 362 g/mol. The maximum absolute atomic E-state index is 12.2. The molecule has 2 heterocycles. The quantitative estimate of drug-likeness (QED) is 0.635. The molecule has 2 aromatic heterocycles. The van der Waals surface area contributed by atoms with Crippen molar-refractivity contribution in [3.63, 3.8) is 0 Å². The van der Waals surface area contributed by atoms with Crippen LogP contribution in [0.5, 0.6) is 0 Å². The molecule has 6 nitrogen and oxygen atoms in total. The largest absolute Gasteiger partial charge is 0.467 e. The minimum atomic E-state index is -0.705. The van der Waals surface area contributed by atoms with Crippen molar-refractivity contribution >= 4 is 34.2 Å². The number of rotatable bonds is 6. The number of urea groups is 1. The molecule has 1 atom stereocenters. The van der Waals surface area contributed by atoms with Gasteiger partial charge in [-0.15, -0.1) is 11.3 Å². The number of aryl methyl sites for hydroxylation is 1. The van der Waals surface area contributed by atoms with Gasteiger partial charge in [0.15, 0.2) is 0 Å². The van der Waals surface area contributed by atoms with Crippen LogP contribution in [0.2, 0.25) is 0 Å². The Kier molecular flexibility index (Phi) is 5.81. The van der Waals surface area contributed by atoms with Gasteiger partial charge in [-0.25, -0.2) is 9.59 Å². The first-order valence-corrected chi connectivity index (χ1v) is 9.71. The number of esters is 1. The van der Waals surface area contributed by atoms with Gasteiger partial charge in [0.05, 0.1) is 17.7 Å². The number of hydrogen-bond acceptors (Lipinski definition) is 4. The summed E-state index contributed by atoms with van der Waals surface area (Å²) < 4.78 is 6.91. The molecule has 0 spiro atoms. The van der Waals surface area contributed by atoms with Crippen molar-refractivity contribution in [3.05, 3.63) is 47.3 Å². The SMILES string of the molecule is CCn1c(-c2cccs2)c(CNC(=O)N[C@H](C)C(=O)OC)c2ccccc21. The minimum absolute atomic E-state index is 0.362. The van der Waals surface area contributed by atoms with E-state index in [9.17, 15) is 9.59 Å². The number of methoxy groups -OCH3 is 1. The highest BCUT2D eigenvalue weighted by Crippen LogP contribution is 2.36. The average Bonchev–Trinajstić information content (AvgIpc) is 3.31. The molecule has 27 heavy (non-hydrogen) atoms. The topological polar surface area (TPSA) is 72.4 Å². The van der Waals surface area contributed by atoms with Crippen molar-refractivity contribution in [2.75, 3.05) is 7.11 Å². The third kappa shape index (κ3) is 3.83. The number of fused-ring (bicyclic) bond motifs is 1. The van der Waals surface area contributed by atoms with Gasteiger partial charge < -0.3 is 19.9 Å². The van der Waals surface area contributed by atoms with E-state index in [4.69, 9.17) is 0 Å². The maximum Gasteiger partial charge on any atom is 0.328 e. The molecule has 0 radical (unpaired) electrons. The highest BCUT2D eigenvalue weighted by Gasteiger charge is 2.20. The van der Waals surface area contributed by atoms with E-state index in [1.807, 2.05) is 18.2 Å². The van der Waals surface area contributed by atoms with E-state index < -0.39 is 18.0 Å². The fourth-order valence-corrected chi connectivity index (χ4v) is 4.04. The van der Waals surface area contributed by atoms with Crippen molar-refractivity contribution in [2.24, 2.45) is 0 Å². The summed E-state index contributed by atoms with van der Waals surface area (Å²) in [5.74, 6) is -0.480. The van der Waals surface area contributed by atoms with E-state index in [-0.39, 0.29) is 0 Å². The van der Waals surface area contributed by atoms with Gasteiger partial charge in [0, 0.05) is 29.6 Å². The van der Waals surface area contributed by atoms with E-state index in [1.165, 1.54) is 7.11 Å². The molecule has 0 bridgehead atoms. The van der Waals surface area contributed by atoms with Gasteiger partial charge in [0.1, 0.15) is 6.04 Å². The summed E-state index contributed by atoms with van der Waals surface area (Å²) in [5.41, 5.74) is 3.33. The van der Waals surface area contributed by atoms with Crippen LogP contribution in [0.25, 0.3) is 21.5 Å². The molecule has 3 aromatic rings. The number of amides is 2. The Labute approximate surface area is 162 Å². The highest BCUT2D eigenvalue weighted by atomic mass is 32.1. The van der Waals surface area contributed by atoms with Crippen LogP contribution in [0.15, 0.2) is 41.8 Å². The number of para-hydroxylation sites is 1. The van der Waals surface area contributed by atoms with Crippen molar-refractivity contribution in [3.8, 4) is 10.6 Å². The van der Waals surface area contributed by atoms with Crippen LogP contribution in [-0.4, -0.2) is 29.7 Å². The Morgan fingerprint density at radius 2 is 2.00 bits per heavy atom. The monoisotopic (exact) mass is 385 g/mol. The summed E-state index contributed by atoms with van der Waals surface area (Å²) in [6.45, 7) is 4.90. The number of carbonyl (C=O) groups is 2.